The highest BCUT2D eigenvalue weighted by Crippen LogP contribution is 2.32. The maximum Gasteiger partial charge on any atom is 0.251 e. The summed E-state index contributed by atoms with van der Waals surface area (Å²) in [6.45, 7) is 3.31. The molecule has 0 spiro atoms. The SMILES string of the molecule is [B]C([B])([B])NCC(=O)NC(C(=O)N1c2ncccc2CC1C(=O)Nc1ccccc1)C(C)C. The van der Waals surface area contributed by atoms with E-state index in [1.165, 1.54) is 4.90 Å². The maximum absolute atomic E-state index is 13.7. The second-order valence-electron chi connectivity index (χ2n) is 8.35. The topological polar surface area (TPSA) is 103 Å². The smallest absolute Gasteiger partial charge is 0.251 e. The molecule has 3 amide bonds. The van der Waals surface area contributed by atoms with Crippen molar-refractivity contribution in [2.45, 2.75) is 37.6 Å². The average molecular weight is 439 g/mol. The third-order valence-corrected chi connectivity index (χ3v) is 5.21. The molecular weight excluding hydrogens is 415 g/mol. The molecule has 1 aliphatic rings. The molecule has 1 aromatic heterocycles. The zero-order valence-electron chi connectivity index (χ0n) is 18.6. The first kappa shape index (κ1) is 24.6. The van der Waals surface area contributed by atoms with Gasteiger partial charge in [-0.1, -0.05) is 43.3 Å². The van der Waals surface area contributed by atoms with Gasteiger partial charge in [0.15, 0.2) is 0 Å². The maximum atomic E-state index is 13.7. The Morgan fingerprint density at radius 1 is 1.12 bits per heavy atom. The number of nitrogens with zero attached hydrogens (tertiary/aromatic N) is 2. The number of carbonyl (C=O) groups is 3. The Morgan fingerprint density at radius 3 is 2.45 bits per heavy atom. The standard InChI is InChI=1S/C22H24B3N5O3/c1-13(2)18(29-17(31)12-27-22(23,24)25)21(33)30-16(11-14-7-6-10-26-19(14)30)20(32)28-15-8-4-3-5-9-15/h3-10,13,16,18,27H,11-12H2,1-2H3,(H,28,32)(H,29,31). The van der Waals surface area contributed by atoms with Crippen LogP contribution >= 0.6 is 0 Å². The molecule has 11 heteroatoms. The fourth-order valence-corrected chi connectivity index (χ4v) is 3.59. The van der Waals surface area contributed by atoms with E-state index in [1.54, 1.807) is 50.4 Å². The number of nitrogens with one attached hydrogen (secondary N) is 3. The van der Waals surface area contributed by atoms with Gasteiger partial charge in [-0.3, -0.25) is 19.3 Å². The minimum atomic E-state index is -1.73. The molecule has 2 heterocycles. The van der Waals surface area contributed by atoms with Gasteiger partial charge in [0, 0.05) is 18.3 Å². The van der Waals surface area contributed by atoms with Gasteiger partial charge in [0.05, 0.1) is 30.1 Å². The summed E-state index contributed by atoms with van der Waals surface area (Å²) in [6, 6.07) is 10.8. The number of hydrogen-bond donors (Lipinski definition) is 3. The number of benzene rings is 1. The zero-order chi connectivity index (χ0) is 24.2. The molecular formula is C22H24B3N5O3. The summed E-state index contributed by atoms with van der Waals surface area (Å²) < 4.78 is 0. The van der Waals surface area contributed by atoms with Gasteiger partial charge in [0.2, 0.25) is 11.8 Å². The minimum absolute atomic E-state index is 0.273. The van der Waals surface area contributed by atoms with E-state index in [0.717, 1.165) is 5.56 Å². The van der Waals surface area contributed by atoms with Gasteiger partial charge in [0.1, 0.15) is 17.9 Å². The summed E-state index contributed by atoms with van der Waals surface area (Å²) in [5, 5.41) is 6.27. The van der Waals surface area contributed by atoms with Crippen molar-refractivity contribution in [1.82, 2.24) is 15.6 Å². The lowest BCUT2D eigenvalue weighted by Crippen LogP contribution is -2.58. The molecule has 3 N–H and O–H groups in total. The molecule has 1 aromatic carbocycles. The molecule has 8 nitrogen and oxygen atoms in total. The molecule has 2 atom stereocenters. The van der Waals surface area contributed by atoms with Crippen molar-refractivity contribution in [3.63, 3.8) is 0 Å². The highest BCUT2D eigenvalue weighted by atomic mass is 16.2. The molecule has 2 aromatic rings. The minimum Gasteiger partial charge on any atom is -0.343 e. The number of pyridine rings is 1. The predicted octanol–water partition coefficient (Wildman–Crippen LogP) is -0.175. The average Bonchev–Trinajstić information content (AvgIpc) is 3.15. The molecule has 3 rings (SSSR count). The van der Waals surface area contributed by atoms with E-state index in [9.17, 15) is 14.4 Å². The first-order valence-corrected chi connectivity index (χ1v) is 10.6. The Bertz CT molecular complexity index is 1010. The van der Waals surface area contributed by atoms with Crippen molar-refractivity contribution in [3.05, 3.63) is 54.2 Å². The Kier molecular flexibility index (Phi) is 7.63. The van der Waals surface area contributed by atoms with Crippen LogP contribution in [0, 0.1) is 5.92 Å². The van der Waals surface area contributed by atoms with E-state index in [1.807, 2.05) is 12.1 Å². The van der Waals surface area contributed by atoms with Crippen LogP contribution in [-0.2, 0) is 20.8 Å². The van der Waals surface area contributed by atoms with Crippen molar-refractivity contribution in [2.24, 2.45) is 5.92 Å². The Labute approximate surface area is 197 Å². The summed E-state index contributed by atoms with van der Waals surface area (Å²) >= 11 is 0. The van der Waals surface area contributed by atoms with Crippen LogP contribution in [0.3, 0.4) is 0 Å². The van der Waals surface area contributed by atoms with Crippen molar-refractivity contribution in [2.75, 3.05) is 16.8 Å². The molecule has 33 heavy (non-hydrogen) atoms. The van der Waals surface area contributed by atoms with Crippen LogP contribution in [0.2, 0.25) is 0 Å². The van der Waals surface area contributed by atoms with E-state index in [-0.39, 0.29) is 18.4 Å². The molecule has 2 unspecified atom stereocenters. The lowest BCUT2D eigenvalue weighted by atomic mass is 9.49. The van der Waals surface area contributed by atoms with Gasteiger partial charge in [-0.2, -0.15) is 0 Å². The molecule has 0 saturated heterocycles. The Hall–Kier alpha value is -3.07. The van der Waals surface area contributed by atoms with E-state index < -0.39 is 29.1 Å². The molecule has 0 fully saturated rings. The second kappa shape index (κ2) is 10.2. The molecule has 0 aliphatic carbocycles. The van der Waals surface area contributed by atoms with Crippen molar-refractivity contribution >= 4 is 52.8 Å². The van der Waals surface area contributed by atoms with E-state index >= 15 is 0 Å². The van der Waals surface area contributed by atoms with Crippen LogP contribution in [0.5, 0.6) is 0 Å². The number of amides is 3. The van der Waals surface area contributed by atoms with Gasteiger partial charge in [-0.05, 0) is 29.7 Å². The number of hydrogen-bond acceptors (Lipinski definition) is 5. The van der Waals surface area contributed by atoms with E-state index in [2.05, 4.69) is 20.9 Å². The summed E-state index contributed by atoms with van der Waals surface area (Å²) in [7, 11) is 16.3. The number of rotatable bonds is 8. The van der Waals surface area contributed by atoms with E-state index in [0.29, 0.717) is 17.9 Å². The van der Waals surface area contributed by atoms with Crippen LogP contribution in [0.25, 0.3) is 0 Å². The van der Waals surface area contributed by atoms with Crippen LogP contribution in [-0.4, -0.2) is 70.1 Å². The van der Waals surface area contributed by atoms with Gasteiger partial charge in [-0.25, -0.2) is 4.98 Å². The normalized spacial score (nSPS) is 16.2. The molecule has 0 bridgehead atoms. The lowest BCUT2D eigenvalue weighted by molar-refractivity contribution is -0.129. The molecule has 0 saturated carbocycles. The van der Waals surface area contributed by atoms with Crippen LogP contribution in [0.4, 0.5) is 11.5 Å². The lowest BCUT2D eigenvalue weighted by Gasteiger charge is -2.31. The number of para-hydroxylation sites is 1. The largest absolute Gasteiger partial charge is 0.343 e. The van der Waals surface area contributed by atoms with E-state index in [4.69, 9.17) is 23.5 Å². The van der Waals surface area contributed by atoms with Gasteiger partial charge in [0.25, 0.3) is 5.91 Å². The Balaban J connectivity index is 1.83. The third-order valence-electron chi connectivity index (χ3n) is 5.21. The zero-order valence-corrected chi connectivity index (χ0v) is 18.6. The fraction of sp³-hybridized carbons (Fsp3) is 0.364. The predicted molar refractivity (Wildman–Crippen MR) is 129 cm³/mol. The number of aromatic nitrogens is 1. The van der Waals surface area contributed by atoms with Crippen LogP contribution in [0.15, 0.2) is 48.7 Å². The molecule has 1 aliphatic heterocycles. The summed E-state index contributed by atoms with van der Waals surface area (Å²) in [4.78, 5) is 44.9. The first-order valence-electron chi connectivity index (χ1n) is 10.6. The van der Waals surface area contributed by atoms with Crippen LogP contribution < -0.4 is 20.9 Å². The van der Waals surface area contributed by atoms with Crippen molar-refractivity contribution < 1.29 is 14.4 Å². The molecule has 6 radical (unpaired) electrons. The third kappa shape index (κ3) is 6.25. The quantitative estimate of drug-likeness (QED) is 0.496. The monoisotopic (exact) mass is 439 g/mol. The second-order valence-corrected chi connectivity index (χ2v) is 8.35. The van der Waals surface area contributed by atoms with Gasteiger partial charge < -0.3 is 16.0 Å². The number of anilines is 2. The van der Waals surface area contributed by atoms with Gasteiger partial charge in [-0.15, -0.1) is 0 Å². The highest BCUT2D eigenvalue weighted by Gasteiger charge is 2.42. The summed E-state index contributed by atoms with van der Waals surface area (Å²) in [5.74, 6) is -1.17. The van der Waals surface area contributed by atoms with Gasteiger partial charge >= 0.3 is 0 Å². The summed E-state index contributed by atoms with van der Waals surface area (Å²) in [6.07, 6.45) is 1.87. The van der Waals surface area contributed by atoms with Crippen LogP contribution in [0.1, 0.15) is 19.4 Å². The highest BCUT2D eigenvalue weighted by molar-refractivity contribution is 6.59. The molecule has 164 valence electrons. The van der Waals surface area contributed by atoms with Crippen molar-refractivity contribution in [1.29, 1.82) is 0 Å². The summed E-state index contributed by atoms with van der Waals surface area (Å²) in [5.41, 5.74) is 1.39. The number of fused-ring (bicyclic) bond motifs is 1. The number of carbonyl (C=O) groups excluding carboxylic acids is 3. The Morgan fingerprint density at radius 2 is 1.82 bits per heavy atom. The van der Waals surface area contributed by atoms with Crippen molar-refractivity contribution in [3.8, 4) is 0 Å². The first-order chi connectivity index (χ1) is 15.6. The fourth-order valence-electron chi connectivity index (χ4n) is 3.59.